The maximum absolute atomic E-state index is 12.1. The minimum Gasteiger partial charge on any atom is -0.466 e. The van der Waals surface area contributed by atoms with Gasteiger partial charge in [0.15, 0.2) is 11.7 Å². The molecule has 0 saturated carbocycles. The van der Waals surface area contributed by atoms with Crippen LogP contribution >= 0.6 is 0 Å². The molecule has 0 radical (unpaired) electrons. The number of rotatable bonds is 5. The topological polar surface area (TPSA) is 80.0 Å². The maximum atomic E-state index is 12.1. The highest BCUT2D eigenvalue weighted by Crippen LogP contribution is 2.21. The fourth-order valence-corrected chi connectivity index (χ4v) is 3.35. The first kappa shape index (κ1) is 19.9. The molecule has 1 aromatic heterocycles. The largest absolute Gasteiger partial charge is 0.466 e. The van der Waals surface area contributed by atoms with Gasteiger partial charge in [-0.2, -0.15) is 0 Å². The van der Waals surface area contributed by atoms with Gasteiger partial charge in [-0.3, -0.25) is 9.79 Å². The van der Waals surface area contributed by atoms with Crippen molar-refractivity contribution in [2.24, 2.45) is 10.9 Å². The summed E-state index contributed by atoms with van der Waals surface area (Å²) in [7, 11) is 1.74. The Bertz CT molecular complexity index is 813. The van der Waals surface area contributed by atoms with Crippen LogP contribution in [0.1, 0.15) is 31.2 Å². The standard InChI is InChI=1S/C21H28N4O3/c1-4-27-20(26)17-6-5-11-25(14-17)21(22-3)24-13-19-23-12-18(28-19)16-9-7-15(2)8-10-16/h7-10,12,17H,4-6,11,13-14H2,1-3H3,(H,22,24). The fourth-order valence-electron chi connectivity index (χ4n) is 3.35. The molecule has 1 N–H and O–H groups in total. The third kappa shape index (κ3) is 4.91. The molecule has 1 unspecified atom stereocenters. The number of guanidine groups is 1. The molecule has 0 bridgehead atoms. The molecule has 28 heavy (non-hydrogen) atoms. The number of benzene rings is 1. The number of piperidine rings is 1. The lowest BCUT2D eigenvalue weighted by atomic mass is 9.98. The number of carbonyl (C=O) groups is 1. The Hall–Kier alpha value is -2.83. The van der Waals surface area contributed by atoms with Crippen LogP contribution in [0.3, 0.4) is 0 Å². The molecule has 0 spiro atoms. The molecular formula is C21H28N4O3. The van der Waals surface area contributed by atoms with E-state index in [4.69, 9.17) is 9.15 Å². The molecule has 7 nitrogen and oxygen atoms in total. The molecule has 7 heteroatoms. The van der Waals surface area contributed by atoms with Crippen LogP contribution < -0.4 is 5.32 Å². The number of carbonyl (C=O) groups excluding carboxylic acids is 1. The van der Waals surface area contributed by atoms with E-state index in [0.717, 1.165) is 36.7 Å². The second-order valence-electron chi connectivity index (χ2n) is 6.92. The Labute approximate surface area is 165 Å². The number of nitrogens with zero attached hydrogens (tertiary/aromatic N) is 3. The summed E-state index contributed by atoms with van der Waals surface area (Å²) in [5, 5.41) is 3.29. The summed E-state index contributed by atoms with van der Waals surface area (Å²) in [5.74, 6) is 1.84. The number of likely N-dealkylation sites (tertiary alicyclic amines) is 1. The Kier molecular flexibility index (Phi) is 6.68. The number of esters is 1. The summed E-state index contributed by atoms with van der Waals surface area (Å²) >= 11 is 0. The van der Waals surface area contributed by atoms with E-state index in [2.05, 4.69) is 27.1 Å². The molecule has 1 aromatic carbocycles. The Morgan fingerprint density at radius 2 is 2.18 bits per heavy atom. The second-order valence-corrected chi connectivity index (χ2v) is 6.92. The van der Waals surface area contributed by atoms with Gasteiger partial charge in [0.05, 0.1) is 25.3 Å². The lowest BCUT2D eigenvalue weighted by molar-refractivity contribution is -0.149. The van der Waals surface area contributed by atoms with Gasteiger partial charge >= 0.3 is 5.97 Å². The lowest BCUT2D eigenvalue weighted by Crippen LogP contribution is -2.48. The predicted octanol–water partition coefficient (Wildman–Crippen LogP) is 3.00. The highest BCUT2D eigenvalue weighted by atomic mass is 16.5. The molecule has 1 aliphatic heterocycles. The number of hydrogen-bond acceptors (Lipinski definition) is 5. The average Bonchev–Trinajstić information content (AvgIpc) is 3.18. The van der Waals surface area contributed by atoms with Crippen molar-refractivity contribution in [1.29, 1.82) is 0 Å². The van der Waals surface area contributed by atoms with E-state index in [1.807, 2.05) is 31.2 Å². The summed E-state index contributed by atoms with van der Waals surface area (Å²) in [6.07, 6.45) is 3.52. The van der Waals surface area contributed by atoms with Crippen LogP contribution in [-0.4, -0.2) is 48.6 Å². The number of aliphatic imine (C=N–C) groups is 1. The van der Waals surface area contributed by atoms with Crippen LogP contribution in [0.5, 0.6) is 0 Å². The first-order chi connectivity index (χ1) is 13.6. The number of nitrogens with one attached hydrogen (secondary N) is 1. The van der Waals surface area contributed by atoms with Gasteiger partial charge in [-0.05, 0) is 26.7 Å². The van der Waals surface area contributed by atoms with Crippen LogP contribution in [-0.2, 0) is 16.1 Å². The summed E-state index contributed by atoms with van der Waals surface area (Å²) < 4.78 is 11.0. The van der Waals surface area contributed by atoms with E-state index in [1.165, 1.54) is 5.56 Å². The van der Waals surface area contributed by atoms with Crippen LogP contribution in [0.4, 0.5) is 0 Å². The Balaban J connectivity index is 1.58. The predicted molar refractivity (Wildman–Crippen MR) is 108 cm³/mol. The van der Waals surface area contributed by atoms with Crippen molar-refractivity contribution in [1.82, 2.24) is 15.2 Å². The van der Waals surface area contributed by atoms with E-state index in [9.17, 15) is 4.79 Å². The number of aryl methyl sites for hydroxylation is 1. The summed E-state index contributed by atoms with van der Waals surface area (Å²) in [6, 6.07) is 8.15. The van der Waals surface area contributed by atoms with E-state index in [-0.39, 0.29) is 11.9 Å². The normalized spacial score (nSPS) is 17.5. The van der Waals surface area contributed by atoms with Crippen molar-refractivity contribution in [3.05, 3.63) is 41.9 Å². The van der Waals surface area contributed by atoms with Crippen molar-refractivity contribution < 1.29 is 13.9 Å². The minimum atomic E-state index is -0.127. The highest BCUT2D eigenvalue weighted by molar-refractivity contribution is 5.81. The van der Waals surface area contributed by atoms with Gasteiger partial charge in [0.2, 0.25) is 5.89 Å². The molecular weight excluding hydrogens is 356 g/mol. The van der Waals surface area contributed by atoms with E-state index in [1.54, 1.807) is 13.2 Å². The average molecular weight is 384 g/mol. The first-order valence-electron chi connectivity index (χ1n) is 9.74. The lowest BCUT2D eigenvalue weighted by Gasteiger charge is -2.33. The Morgan fingerprint density at radius 3 is 2.89 bits per heavy atom. The van der Waals surface area contributed by atoms with Gasteiger partial charge in [-0.25, -0.2) is 4.98 Å². The molecule has 1 fully saturated rings. The number of hydrogen-bond donors (Lipinski definition) is 1. The molecule has 1 aliphatic rings. The van der Waals surface area contributed by atoms with Gasteiger partial charge in [0.25, 0.3) is 0 Å². The zero-order valence-corrected chi connectivity index (χ0v) is 16.8. The zero-order chi connectivity index (χ0) is 19.9. The van der Waals surface area contributed by atoms with E-state index >= 15 is 0 Å². The van der Waals surface area contributed by atoms with Gasteiger partial charge < -0.3 is 19.4 Å². The summed E-state index contributed by atoms with van der Waals surface area (Å²) in [5.41, 5.74) is 2.21. The van der Waals surface area contributed by atoms with E-state index in [0.29, 0.717) is 25.6 Å². The SMILES string of the molecule is CCOC(=O)C1CCCN(C(=NC)NCc2ncc(-c3ccc(C)cc3)o2)C1. The second kappa shape index (κ2) is 9.39. The van der Waals surface area contributed by atoms with Gasteiger partial charge in [0.1, 0.15) is 0 Å². The van der Waals surface area contributed by atoms with Crippen LogP contribution in [0, 0.1) is 12.8 Å². The molecule has 2 heterocycles. The van der Waals surface area contributed by atoms with E-state index < -0.39 is 0 Å². The zero-order valence-electron chi connectivity index (χ0n) is 16.8. The van der Waals surface area contributed by atoms with Crippen molar-refractivity contribution in [3.63, 3.8) is 0 Å². The van der Waals surface area contributed by atoms with Gasteiger partial charge in [0, 0.05) is 25.7 Å². The molecule has 1 atom stereocenters. The smallest absolute Gasteiger partial charge is 0.310 e. The maximum Gasteiger partial charge on any atom is 0.310 e. The molecule has 0 aliphatic carbocycles. The molecule has 1 saturated heterocycles. The molecule has 150 valence electrons. The molecule has 3 rings (SSSR count). The van der Waals surface area contributed by atoms with Crippen LogP contribution in [0.2, 0.25) is 0 Å². The monoisotopic (exact) mass is 384 g/mol. The van der Waals surface area contributed by atoms with Gasteiger partial charge in [-0.1, -0.05) is 29.8 Å². The minimum absolute atomic E-state index is 0.109. The quantitative estimate of drug-likeness (QED) is 0.485. The van der Waals surface area contributed by atoms with Crippen LogP contribution in [0.15, 0.2) is 39.9 Å². The van der Waals surface area contributed by atoms with Crippen molar-refractivity contribution in [2.45, 2.75) is 33.2 Å². The third-order valence-corrected chi connectivity index (χ3v) is 4.84. The number of oxazole rings is 1. The third-order valence-electron chi connectivity index (χ3n) is 4.84. The summed E-state index contributed by atoms with van der Waals surface area (Å²) in [4.78, 5) is 22.9. The first-order valence-corrected chi connectivity index (χ1v) is 9.74. The van der Waals surface area contributed by atoms with Crippen molar-refractivity contribution >= 4 is 11.9 Å². The van der Waals surface area contributed by atoms with Gasteiger partial charge in [-0.15, -0.1) is 0 Å². The highest BCUT2D eigenvalue weighted by Gasteiger charge is 2.28. The number of aromatic nitrogens is 1. The molecule has 0 amide bonds. The summed E-state index contributed by atoms with van der Waals surface area (Å²) in [6.45, 7) is 6.20. The van der Waals surface area contributed by atoms with Crippen molar-refractivity contribution in [3.8, 4) is 11.3 Å². The molecule has 2 aromatic rings. The Morgan fingerprint density at radius 1 is 1.39 bits per heavy atom. The fraction of sp³-hybridized carbons (Fsp3) is 0.476. The van der Waals surface area contributed by atoms with Crippen LogP contribution in [0.25, 0.3) is 11.3 Å². The number of ether oxygens (including phenoxy) is 1. The van der Waals surface area contributed by atoms with Crippen molar-refractivity contribution in [2.75, 3.05) is 26.7 Å².